The van der Waals surface area contributed by atoms with Crippen molar-refractivity contribution in [3.63, 3.8) is 0 Å². The first-order valence-corrected chi connectivity index (χ1v) is 5.19. The Hall–Kier alpha value is -0.570. The minimum atomic E-state index is -0.931. The maximum atomic E-state index is 10.1. The van der Waals surface area contributed by atoms with Crippen molar-refractivity contribution in [1.82, 2.24) is 0 Å². The Kier molecular flexibility index (Phi) is 7.69. The molecule has 0 rings (SSSR count). The summed E-state index contributed by atoms with van der Waals surface area (Å²) in [6.45, 7) is 2.16. The number of carbonyl (C=O) groups is 1. The molecule has 0 spiro atoms. The molecule has 78 valence electrons. The van der Waals surface area contributed by atoms with E-state index in [4.69, 9.17) is 0 Å². The molecule has 0 aromatic heterocycles. The van der Waals surface area contributed by atoms with Crippen LogP contribution in [-0.4, -0.2) is 12.0 Å². The molecule has 0 aliphatic heterocycles. The second-order valence-electron chi connectivity index (χ2n) is 3.63. The topological polar surface area (TPSA) is 67.8 Å². The third-order valence-corrected chi connectivity index (χ3v) is 2.19. The average Bonchev–Trinajstić information content (AvgIpc) is 2.03. The van der Waals surface area contributed by atoms with Gasteiger partial charge in [-0.25, -0.2) is 0 Å². The molecule has 1 atom stereocenters. The van der Waals surface area contributed by atoms with E-state index < -0.39 is 5.97 Å². The molecule has 0 saturated heterocycles. The molecule has 0 aliphatic carbocycles. The Bertz CT molecular complexity index is 137. The van der Waals surface area contributed by atoms with Crippen LogP contribution in [0.4, 0.5) is 0 Å². The van der Waals surface area contributed by atoms with Crippen molar-refractivity contribution < 1.29 is 15.6 Å². The summed E-state index contributed by atoms with van der Waals surface area (Å²) in [5, 5.41) is 10.1. The zero-order chi connectivity index (χ0) is 10.1. The molecule has 0 aromatic carbocycles. The molecule has 0 fully saturated rings. The highest BCUT2D eigenvalue weighted by Crippen LogP contribution is 2.06. The highest BCUT2D eigenvalue weighted by atomic mass is 16.4. The predicted molar refractivity (Wildman–Crippen MR) is 49.7 cm³/mol. The molecular formula is C10H21NO2. The summed E-state index contributed by atoms with van der Waals surface area (Å²) in [7, 11) is 0. The van der Waals surface area contributed by atoms with Gasteiger partial charge in [-0.1, -0.05) is 19.8 Å². The Morgan fingerprint density at radius 1 is 1.31 bits per heavy atom. The lowest BCUT2D eigenvalue weighted by molar-refractivity contribution is -0.422. The first-order valence-electron chi connectivity index (χ1n) is 5.19. The summed E-state index contributed by atoms with van der Waals surface area (Å²) in [5.74, 6) is -0.931. The van der Waals surface area contributed by atoms with Crippen LogP contribution >= 0.6 is 0 Å². The van der Waals surface area contributed by atoms with Crippen LogP contribution in [0.5, 0.6) is 0 Å². The maximum Gasteiger partial charge on any atom is 0.0843 e. The van der Waals surface area contributed by atoms with Gasteiger partial charge in [0.2, 0.25) is 0 Å². The molecule has 0 radical (unpaired) electrons. The van der Waals surface area contributed by atoms with Crippen molar-refractivity contribution >= 4 is 5.97 Å². The van der Waals surface area contributed by atoms with E-state index >= 15 is 0 Å². The van der Waals surface area contributed by atoms with Gasteiger partial charge in [-0.05, 0) is 32.1 Å². The molecule has 3 N–H and O–H groups in total. The van der Waals surface area contributed by atoms with E-state index in [1.54, 1.807) is 0 Å². The third kappa shape index (κ3) is 9.34. The predicted octanol–water partition coefficient (Wildman–Crippen LogP) is 0.0974. The Morgan fingerprint density at radius 3 is 2.54 bits per heavy atom. The van der Waals surface area contributed by atoms with Crippen LogP contribution in [-0.2, 0) is 4.79 Å². The van der Waals surface area contributed by atoms with Gasteiger partial charge in [0.15, 0.2) is 0 Å². The number of hydrogen-bond donors (Lipinski definition) is 1. The molecule has 0 bridgehead atoms. The first-order chi connectivity index (χ1) is 6.16. The van der Waals surface area contributed by atoms with E-state index in [9.17, 15) is 9.90 Å². The third-order valence-electron chi connectivity index (χ3n) is 2.19. The molecule has 0 amide bonds. The van der Waals surface area contributed by atoms with E-state index in [0.717, 1.165) is 25.7 Å². The van der Waals surface area contributed by atoms with Crippen molar-refractivity contribution in [2.75, 3.05) is 0 Å². The summed E-state index contributed by atoms with van der Waals surface area (Å²) >= 11 is 0. The van der Waals surface area contributed by atoms with Gasteiger partial charge < -0.3 is 15.6 Å². The van der Waals surface area contributed by atoms with Crippen LogP contribution in [0, 0.1) is 0 Å². The number of carbonyl (C=O) groups excluding carboxylic acids is 1. The van der Waals surface area contributed by atoms with E-state index in [2.05, 4.69) is 12.7 Å². The summed E-state index contributed by atoms with van der Waals surface area (Å²) in [5.41, 5.74) is 4.03. The minimum Gasteiger partial charge on any atom is -0.550 e. The Labute approximate surface area is 80.3 Å². The van der Waals surface area contributed by atoms with Gasteiger partial charge in [-0.15, -0.1) is 0 Å². The zero-order valence-corrected chi connectivity index (χ0v) is 8.55. The van der Waals surface area contributed by atoms with Crippen molar-refractivity contribution in [3.8, 4) is 0 Å². The fourth-order valence-electron chi connectivity index (χ4n) is 1.43. The van der Waals surface area contributed by atoms with Crippen LogP contribution in [0.15, 0.2) is 0 Å². The van der Waals surface area contributed by atoms with Gasteiger partial charge >= 0.3 is 0 Å². The fraction of sp³-hybridized carbons (Fsp3) is 0.900. The van der Waals surface area contributed by atoms with Crippen molar-refractivity contribution in [2.45, 2.75) is 57.9 Å². The van der Waals surface area contributed by atoms with Crippen molar-refractivity contribution in [3.05, 3.63) is 0 Å². The minimum absolute atomic E-state index is 0.204. The molecule has 0 saturated carbocycles. The number of rotatable bonds is 8. The number of quaternary nitrogens is 1. The maximum absolute atomic E-state index is 10.1. The molecule has 0 unspecified atom stereocenters. The highest BCUT2D eigenvalue weighted by molar-refractivity contribution is 5.63. The molecular weight excluding hydrogens is 166 g/mol. The lowest BCUT2D eigenvalue weighted by Gasteiger charge is -2.06. The van der Waals surface area contributed by atoms with Gasteiger partial charge in [0.05, 0.1) is 6.04 Å². The zero-order valence-electron chi connectivity index (χ0n) is 8.55. The monoisotopic (exact) mass is 187 g/mol. The Balaban J connectivity index is 3.11. The quantitative estimate of drug-likeness (QED) is 0.547. The SMILES string of the molecule is CCC[C@H]([NH3+])CCCCCC(=O)[O-]. The van der Waals surface area contributed by atoms with Crippen LogP contribution in [0.25, 0.3) is 0 Å². The number of unbranched alkanes of at least 4 members (excludes halogenated alkanes) is 2. The summed E-state index contributed by atoms with van der Waals surface area (Å²) in [6.07, 6.45) is 6.54. The fourth-order valence-corrected chi connectivity index (χ4v) is 1.43. The molecule has 0 aromatic rings. The second-order valence-corrected chi connectivity index (χ2v) is 3.63. The largest absolute Gasteiger partial charge is 0.550 e. The van der Waals surface area contributed by atoms with Crippen LogP contribution < -0.4 is 10.8 Å². The highest BCUT2D eigenvalue weighted by Gasteiger charge is 2.03. The van der Waals surface area contributed by atoms with E-state index in [-0.39, 0.29) is 6.42 Å². The van der Waals surface area contributed by atoms with Crippen LogP contribution in [0.2, 0.25) is 0 Å². The first kappa shape index (κ1) is 12.4. The summed E-state index contributed by atoms with van der Waals surface area (Å²) in [6, 6.07) is 0.549. The molecule has 3 nitrogen and oxygen atoms in total. The van der Waals surface area contributed by atoms with Gasteiger partial charge in [0, 0.05) is 5.97 Å². The molecule has 0 heterocycles. The van der Waals surface area contributed by atoms with E-state index in [1.807, 2.05) is 0 Å². The normalized spacial score (nSPS) is 12.8. The number of hydrogen-bond acceptors (Lipinski definition) is 2. The number of carboxylic acid groups (broad SMARTS) is 1. The standard InChI is InChI=1S/C10H21NO2/c1-2-6-9(11)7-4-3-5-8-10(12)13/h9H,2-8,11H2,1H3,(H,12,13)/t9-/m0/s1. The average molecular weight is 187 g/mol. The van der Waals surface area contributed by atoms with Crippen LogP contribution in [0.3, 0.4) is 0 Å². The van der Waals surface area contributed by atoms with Gasteiger partial charge in [-0.2, -0.15) is 0 Å². The van der Waals surface area contributed by atoms with Crippen LogP contribution in [0.1, 0.15) is 51.9 Å². The van der Waals surface area contributed by atoms with Gasteiger partial charge in [-0.3, -0.25) is 0 Å². The lowest BCUT2D eigenvalue weighted by atomic mass is 10.0. The smallest absolute Gasteiger partial charge is 0.0843 e. The lowest BCUT2D eigenvalue weighted by Crippen LogP contribution is -2.60. The molecule has 0 aliphatic rings. The van der Waals surface area contributed by atoms with E-state index in [1.165, 1.54) is 12.8 Å². The second kappa shape index (κ2) is 8.05. The molecule has 13 heavy (non-hydrogen) atoms. The van der Waals surface area contributed by atoms with Gasteiger partial charge in [0.1, 0.15) is 0 Å². The number of aliphatic carboxylic acids is 1. The van der Waals surface area contributed by atoms with Crippen molar-refractivity contribution in [1.29, 1.82) is 0 Å². The van der Waals surface area contributed by atoms with E-state index in [0.29, 0.717) is 6.04 Å². The molecule has 3 heteroatoms. The Morgan fingerprint density at radius 2 is 2.00 bits per heavy atom. The number of carboxylic acids is 1. The summed E-state index contributed by atoms with van der Waals surface area (Å²) < 4.78 is 0. The van der Waals surface area contributed by atoms with Gasteiger partial charge in [0.25, 0.3) is 0 Å². The van der Waals surface area contributed by atoms with Crippen molar-refractivity contribution in [2.24, 2.45) is 0 Å². The summed E-state index contributed by atoms with van der Waals surface area (Å²) in [4.78, 5) is 10.1.